The van der Waals surface area contributed by atoms with Crippen molar-refractivity contribution in [3.8, 4) is 17.2 Å². The van der Waals surface area contributed by atoms with E-state index in [1.54, 1.807) is 36.4 Å². The second kappa shape index (κ2) is 50.0. The number of fused-ring (bicyclic) bond motifs is 2. The van der Waals surface area contributed by atoms with E-state index in [-0.39, 0.29) is 109 Å². The fourth-order valence-electron chi connectivity index (χ4n) is 12.4. The summed E-state index contributed by atoms with van der Waals surface area (Å²) in [6.07, 6.45) is 11.8. The van der Waals surface area contributed by atoms with Crippen LogP contribution in [-0.2, 0) is 54.7 Å². The Balaban J connectivity index is 0.000000314. The smallest absolute Gasteiger partial charge is 0.339 e. The van der Waals surface area contributed by atoms with Crippen LogP contribution in [0.15, 0.2) is 126 Å². The summed E-state index contributed by atoms with van der Waals surface area (Å²) in [4.78, 5) is 96.9. The van der Waals surface area contributed by atoms with Crippen LogP contribution < -0.4 is 46.1 Å². The first-order valence-electron chi connectivity index (χ1n) is 43.3. The largest absolute Gasteiger partial charge is 0.486 e. The van der Waals surface area contributed by atoms with Crippen LogP contribution in [-0.4, -0.2) is 124 Å². The summed E-state index contributed by atoms with van der Waals surface area (Å²) in [7, 11) is -2.27. The van der Waals surface area contributed by atoms with Gasteiger partial charge in [0.1, 0.15) is 30.1 Å². The number of carbonyl (C=O) groups is 8. The number of para-hydroxylation sites is 2. The van der Waals surface area contributed by atoms with Crippen molar-refractivity contribution in [2.24, 2.45) is 32.5 Å². The van der Waals surface area contributed by atoms with Crippen LogP contribution in [0.5, 0.6) is 17.2 Å². The minimum absolute atomic E-state index is 0.00443. The molecule has 6 aromatic carbocycles. The molecule has 2 atom stereocenters. The average molecular weight is 1760 g/mol. The van der Waals surface area contributed by atoms with Crippen molar-refractivity contribution in [3.05, 3.63) is 166 Å². The number of likely N-dealkylation sites (tertiary alicyclic amines) is 1. The molecule has 1 aliphatic carbocycles. The van der Waals surface area contributed by atoms with E-state index in [1.807, 2.05) is 89.8 Å². The van der Waals surface area contributed by atoms with Gasteiger partial charge in [0.15, 0.2) is 18.1 Å². The quantitative estimate of drug-likeness (QED) is 0.0262. The number of amides is 7. The molecular weight excluding hydrogens is 1620 g/mol. The monoisotopic (exact) mass is 1760 g/mol. The Morgan fingerprint density at radius 2 is 1.02 bits per heavy atom. The molecule has 2 heterocycles. The van der Waals surface area contributed by atoms with E-state index in [1.165, 1.54) is 28.6 Å². The molecule has 2 unspecified atom stereocenters. The number of hydrogen-bond acceptors (Lipinski definition) is 14. The molecule has 26 heteroatoms. The van der Waals surface area contributed by atoms with Gasteiger partial charge in [-0.05, 0) is 200 Å². The summed E-state index contributed by atoms with van der Waals surface area (Å²) < 4.78 is 74.6. The number of sulfonamides is 1. The number of anilines is 4. The number of halogens is 3. The summed E-state index contributed by atoms with van der Waals surface area (Å²) in [6, 6.07) is 34.4. The van der Waals surface area contributed by atoms with Crippen LogP contribution in [0, 0.1) is 58.0 Å². The molecule has 0 bridgehead atoms. The molecule has 1 saturated heterocycles. The fraction of sp³-hybridized carbons (Fsp3) is 0.551. The maximum atomic E-state index is 13.2. The second-order valence-corrected chi connectivity index (χ2v) is 41.3. The fourth-order valence-corrected chi connectivity index (χ4v) is 14.2. The normalized spacial score (nSPS) is 14.2. The molecule has 2 aliphatic heterocycles. The van der Waals surface area contributed by atoms with E-state index in [0.717, 1.165) is 112 Å². The summed E-state index contributed by atoms with van der Waals surface area (Å²) in [5.74, 6) is 0.175. The van der Waals surface area contributed by atoms with E-state index in [4.69, 9.17) is 25.8 Å². The van der Waals surface area contributed by atoms with E-state index in [0.29, 0.717) is 99.0 Å². The minimum Gasteiger partial charge on any atom is -0.486 e. The molecule has 0 saturated carbocycles. The van der Waals surface area contributed by atoms with Crippen LogP contribution in [0.25, 0.3) is 0 Å². The van der Waals surface area contributed by atoms with E-state index in [2.05, 4.69) is 165 Å². The van der Waals surface area contributed by atoms with Gasteiger partial charge in [-0.2, -0.15) is 4.31 Å². The van der Waals surface area contributed by atoms with E-state index < -0.39 is 27.6 Å². The zero-order valence-corrected chi connectivity index (χ0v) is 79.7. The molecule has 22 nitrogen and oxygen atoms in total. The lowest BCUT2D eigenvalue weighted by Gasteiger charge is -2.26. The second-order valence-electron chi connectivity index (χ2n) is 38.9. The van der Waals surface area contributed by atoms with Gasteiger partial charge in [-0.1, -0.05) is 193 Å². The lowest BCUT2D eigenvalue weighted by molar-refractivity contribution is -0.132. The minimum atomic E-state index is -3.55. The van der Waals surface area contributed by atoms with E-state index >= 15 is 0 Å². The molecule has 6 aromatic rings. The number of methoxy groups -OCH3 is 1. The molecule has 0 radical (unpaired) electrons. The number of hydrogen-bond donors (Lipinski definition) is 6. The van der Waals surface area contributed by atoms with Crippen molar-refractivity contribution in [2.45, 2.75) is 272 Å². The molecule has 9 rings (SSSR count). The highest BCUT2D eigenvalue weighted by molar-refractivity contribution is 7.89. The third-order valence-corrected chi connectivity index (χ3v) is 22.6. The van der Waals surface area contributed by atoms with Crippen molar-refractivity contribution in [1.29, 1.82) is 0 Å². The van der Waals surface area contributed by atoms with Crippen LogP contribution in [0.1, 0.15) is 273 Å². The maximum absolute atomic E-state index is 13.2. The van der Waals surface area contributed by atoms with Gasteiger partial charge in [0, 0.05) is 93.9 Å². The zero-order valence-electron chi connectivity index (χ0n) is 78.1. The Hall–Kier alpha value is -9.46. The van der Waals surface area contributed by atoms with Gasteiger partial charge in [-0.15, -0.1) is 0 Å². The van der Waals surface area contributed by atoms with E-state index in [9.17, 15) is 55.6 Å². The highest BCUT2D eigenvalue weighted by Gasteiger charge is 2.29. The SMILES string of the molecule is CC(C)(C)CCC(=O)NC1CCc2ccccc21.CC(C)(C)CCC(=O)NCC1COc2ccccc2O1.CC(C)(C)CCC(=O)Nc1cc(F)ccc1F.CC(C)(C)CCC(=O)Nc1cccc(OCC(=O)N2CCCC2)c1.CCN(CC)S(=O)(=O)c1cc(C)c(C)c(NC(=O)CCC(C)(C)C)c1.COC(=O)c1cc(NC(=O)CCC(C)(C)C)ccc1Cl. The first kappa shape index (κ1) is 107. The number of aryl methyl sites for hydroxylation is 2. The molecule has 0 spiro atoms. The van der Waals surface area contributed by atoms with Gasteiger partial charge in [-0.25, -0.2) is 22.0 Å². The molecular formula is C98H143ClF2N8O14S. The number of esters is 1. The molecule has 0 aromatic heterocycles. The molecule has 3 aliphatic rings. The predicted octanol–water partition coefficient (Wildman–Crippen LogP) is 21.6. The van der Waals surface area contributed by atoms with Gasteiger partial charge >= 0.3 is 5.97 Å². The number of ether oxygens (including phenoxy) is 4. The highest BCUT2D eigenvalue weighted by atomic mass is 35.5. The van der Waals surface area contributed by atoms with Gasteiger partial charge in [0.05, 0.1) is 40.9 Å². The Bertz CT molecular complexity index is 4580. The molecule has 6 N–H and O–H groups in total. The van der Waals surface area contributed by atoms with Gasteiger partial charge in [0.2, 0.25) is 45.5 Å². The summed E-state index contributed by atoms with van der Waals surface area (Å²) in [5, 5.41) is 17.3. The molecule has 124 heavy (non-hydrogen) atoms. The first-order chi connectivity index (χ1) is 57.6. The third kappa shape index (κ3) is 42.5. The Morgan fingerprint density at radius 1 is 0.540 bits per heavy atom. The zero-order chi connectivity index (χ0) is 93.1. The molecule has 7 amide bonds. The van der Waals surface area contributed by atoms with Crippen molar-refractivity contribution in [1.82, 2.24) is 19.8 Å². The van der Waals surface area contributed by atoms with Crippen molar-refractivity contribution < 1.29 is 74.5 Å². The summed E-state index contributed by atoms with van der Waals surface area (Å²) in [5.41, 5.74) is 7.14. The number of nitrogens with one attached hydrogen (secondary N) is 6. The van der Waals surface area contributed by atoms with Crippen LogP contribution in [0.2, 0.25) is 5.02 Å². The van der Waals surface area contributed by atoms with Crippen LogP contribution in [0.4, 0.5) is 31.5 Å². The van der Waals surface area contributed by atoms with Gasteiger partial charge in [0.25, 0.3) is 5.91 Å². The van der Waals surface area contributed by atoms with Gasteiger partial charge < -0.3 is 55.7 Å². The van der Waals surface area contributed by atoms with Crippen LogP contribution in [0.3, 0.4) is 0 Å². The first-order valence-corrected chi connectivity index (χ1v) is 45.1. The van der Waals surface area contributed by atoms with Crippen molar-refractivity contribution in [3.63, 3.8) is 0 Å². The Kier molecular flexibility index (Phi) is 43.1. The Morgan fingerprint density at radius 3 is 1.55 bits per heavy atom. The number of carbonyl (C=O) groups excluding carboxylic acids is 8. The third-order valence-electron chi connectivity index (χ3n) is 20.2. The topological polar surface area (TPSA) is 286 Å². The standard InChI is InChI=1S/C19H32N2O3S.C19H28N2O3.C16H23NO3.C16H23NO.C15H20ClNO3.C13H17F2NO/c1-8-21(9-2)25(23,24)16-12-14(3)15(4)17(13-16)20-18(22)10-11-19(5,6)7;1-19(2,3)10-9-17(22)20-15-7-6-8-16(13-15)24-14-18(23)21-11-4-5-12-21;1-16(2,3)9-8-15(18)17-10-12-11-19-13-6-4-5-7-14(13)20-12;1-16(2,3)11-10-15(18)17-14-9-8-12-6-4-5-7-13(12)14;1-15(2,3)8-7-13(18)17-10-5-6-12(16)11(9-10)14(19)20-4;1-13(2,3)7-6-12(17)16-11-8-9(14)4-5-10(11)15/h12-13H,8-11H2,1-7H3,(H,20,22);6-8,13H,4-5,9-12,14H2,1-3H3,(H,20,22);4-7,12H,8-11H2,1-3H3,(H,17,18);4-7,14H,8-11H2,1-3H3,(H,17,18);5-6,9H,7-8H2,1-4H3,(H,17,18);4-5,8H,6-7H2,1-3H3,(H,16,17). The predicted molar refractivity (Wildman–Crippen MR) is 495 cm³/mol. The Labute approximate surface area is 743 Å². The molecule has 686 valence electrons. The van der Waals surface area contributed by atoms with Gasteiger partial charge in [-0.3, -0.25) is 33.6 Å². The number of benzene rings is 6. The van der Waals surface area contributed by atoms with Crippen LogP contribution >= 0.6 is 11.6 Å². The highest BCUT2D eigenvalue weighted by Crippen LogP contribution is 2.35. The summed E-state index contributed by atoms with van der Waals surface area (Å²) >= 11 is 5.91. The summed E-state index contributed by atoms with van der Waals surface area (Å²) in [6.45, 7) is 48.7. The van der Waals surface area contributed by atoms with Crippen molar-refractivity contribution in [2.75, 3.05) is 74.3 Å². The molecule has 1 fully saturated rings. The van der Waals surface area contributed by atoms with Crippen molar-refractivity contribution >= 4 is 91.7 Å². The lowest BCUT2D eigenvalue weighted by Crippen LogP contribution is -2.40. The number of rotatable bonds is 27. The average Bonchev–Trinajstić information content (AvgIpc) is 0.906. The lowest BCUT2D eigenvalue weighted by atomic mass is 9.90. The number of nitrogens with zero attached hydrogens (tertiary/aromatic N) is 2. The maximum Gasteiger partial charge on any atom is 0.339 e.